The Labute approximate surface area is 262 Å². The van der Waals surface area contributed by atoms with Gasteiger partial charge in [-0.15, -0.1) is 0 Å². The second-order valence-corrected chi connectivity index (χ2v) is 12.5. The minimum absolute atomic E-state index is 0.0641. The molecule has 4 heterocycles. The zero-order chi connectivity index (χ0) is 30.3. The van der Waals surface area contributed by atoms with Crippen LogP contribution in [0.5, 0.6) is 6.01 Å². The summed E-state index contributed by atoms with van der Waals surface area (Å²) in [5, 5.41) is 13.2. The van der Waals surface area contributed by atoms with Gasteiger partial charge in [-0.25, -0.2) is 0 Å². The standard InChI is InChI=1S/C35H35ClN6O2/c1-2-31(43)42-20-19-40(22-26(42)13-16-37)33-28-12-11-25(27-9-3-7-24-8-4-10-29(36)32(24)27)21-30(28)38-34(39-33)44-23-35-14-5-17-41(35)18-6-15-35/h2-4,7-12,21,26H,1,5-6,13-15,17-20,22-23H2/t26-/m0/s1. The maximum atomic E-state index is 12.6. The van der Waals surface area contributed by atoms with Gasteiger partial charge in [-0.05, 0) is 79.6 Å². The maximum absolute atomic E-state index is 12.6. The topological polar surface area (TPSA) is 85.6 Å². The van der Waals surface area contributed by atoms with Crippen LogP contribution in [0, 0.1) is 11.3 Å². The first-order valence-electron chi connectivity index (χ1n) is 15.4. The van der Waals surface area contributed by atoms with E-state index in [-0.39, 0.29) is 23.9 Å². The molecular weight excluding hydrogens is 572 g/mol. The lowest BCUT2D eigenvalue weighted by atomic mass is 9.95. The van der Waals surface area contributed by atoms with E-state index in [1.54, 1.807) is 4.90 Å². The van der Waals surface area contributed by atoms with Gasteiger partial charge < -0.3 is 14.5 Å². The number of nitriles is 1. The molecule has 7 rings (SSSR count). The van der Waals surface area contributed by atoms with Crippen molar-refractivity contribution in [3.8, 4) is 23.2 Å². The molecule has 1 atom stereocenters. The van der Waals surface area contributed by atoms with Crippen LogP contribution in [0.3, 0.4) is 0 Å². The number of fused-ring (bicyclic) bond motifs is 3. The van der Waals surface area contributed by atoms with Crippen LogP contribution < -0.4 is 9.64 Å². The molecule has 4 aromatic rings. The van der Waals surface area contributed by atoms with Crippen LogP contribution in [0.15, 0.2) is 67.3 Å². The highest BCUT2D eigenvalue weighted by molar-refractivity contribution is 6.36. The van der Waals surface area contributed by atoms with Crippen molar-refractivity contribution in [2.75, 3.05) is 44.2 Å². The van der Waals surface area contributed by atoms with Gasteiger partial charge in [0, 0.05) is 35.4 Å². The molecule has 3 aliphatic heterocycles. The highest BCUT2D eigenvalue weighted by Gasteiger charge is 2.45. The van der Waals surface area contributed by atoms with E-state index in [1.165, 1.54) is 18.9 Å². The van der Waals surface area contributed by atoms with Crippen molar-refractivity contribution in [3.63, 3.8) is 0 Å². The number of carbonyl (C=O) groups is 1. The number of nitrogens with zero attached hydrogens (tertiary/aromatic N) is 6. The number of piperazine rings is 1. The van der Waals surface area contributed by atoms with E-state index in [4.69, 9.17) is 26.3 Å². The molecule has 0 radical (unpaired) electrons. The van der Waals surface area contributed by atoms with Crippen LogP contribution in [-0.2, 0) is 4.79 Å². The number of amides is 1. The molecule has 0 aliphatic carbocycles. The second-order valence-electron chi connectivity index (χ2n) is 12.1. The van der Waals surface area contributed by atoms with Gasteiger partial charge in [0.15, 0.2) is 0 Å². The van der Waals surface area contributed by atoms with Gasteiger partial charge in [0.25, 0.3) is 0 Å². The second kappa shape index (κ2) is 11.7. The summed E-state index contributed by atoms with van der Waals surface area (Å²) in [6, 6.07) is 20.8. The zero-order valence-corrected chi connectivity index (χ0v) is 25.5. The van der Waals surface area contributed by atoms with Gasteiger partial charge in [-0.2, -0.15) is 15.2 Å². The molecule has 0 spiro atoms. The van der Waals surface area contributed by atoms with Crippen LogP contribution in [0.1, 0.15) is 32.1 Å². The Balaban J connectivity index is 1.30. The first-order chi connectivity index (χ1) is 21.5. The Morgan fingerprint density at radius 2 is 1.89 bits per heavy atom. The van der Waals surface area contributed by atoms with Gasteiger partial charge in [-0.1, -0.05) is 54.6 Å². The van der Waals surface area contributed by atoms with Crippen LogP contribution >= 0.6 is 11.6 Å². The SMILES string of the molecule is C=CC(=O)N1CCN(c2nc(OCC34CCCN3CCC4)nc3cc(-c4cccc5cccc(Cl)c45)ccc23)C[C@@H]1CC#N. The number of hydrogen-bond acceptors (Lipinski definition) is 7. The fourth-order valence-electron chi connectivity index (χ4n) is 7.50. The molecule has 1 aromatic heterocycles. The predicted octanol–water partition coefficient (Wildman–Crippen LogP) is 6.23. The fraction of sp³-hybridized carbons (Fsp3) is 0.371. The van der Waals surface area contributed by atoms with Crippen molar-refractivity contribution in [2.45, 2.75) is 43.7 Å². The summed E-state index contributed by atoms with van der Waals surface area (Å²) in [7, 11) is 0. The Morgan fingerprint density at radius 3 is 2.66 bits per heavy atom. The number of carbonyl (C=O) groups excluding carboxylic acids is 1. The lowest BCUT2D eigenvalue weighted by Gasteiger charge is -2.41. The van der Waals surface area contributed by atoms with Crippen molar-refractivity contribution in [3.05, 3.63) is 72.3 Å². The van der Waals surface area contributed by atoms with Crippen LogP contribution in [-0.4, -0.2) is 76.6 Å². The van der Waals surface area contributed by atoms with E-state index in [1.807, 2.05) is 18.2 Å². The zero-order valence-electron chi connectivity index (χ0n) is 24.7. The fourth-order valence-corrected chi connectivity index (χ4v) is 7.78. The lowest BCUT2D eigenvalue weighted by Crippen LogP contribution is -2.55. The Hall–Kier alpha value is -4.19. The molecule has 3 aromatic carbocycles. The highest BCUT2D eigenvalue weighted by Crippen LogP contribution is 2.40. The van der Waals surface area contributed by atoms with E-state index in [9.17, 15) is 10.1 Å². The molecule has 0 bridgehead atoms. The molecule has 3 fully saturated rings. The van der Waals surface area contributed by atoms with Crippen molar-refractivity contribution < 1.29 is 9.53 Å². The minimum Gasteiger partial charge on any atom is -0.461 e. The molecule has 8 nitrogen and oxygen atoms in total. The third kappa shape index (κ3) is 5.04. The Bertz CT molecular complexity index is 1790. The van der Waals surface area contributed by atoms with Gasteiger partial charge >= 0.3 is 6.01 Å². The number of ether oxygens (including phenoxy) is 1. The molecule has 0 saturated carbocycles. The van der Waals surface area contributed by atoms with Crippen LogP contribution in [0.25, 0.3) is 32.8 Å². The Morgan fingerprint density at radius 1 is 1.09 bits per heavy atom. The molecule has 9 heteroatoms. The van der Waals surface area contributed by atoms with Gasteiger partial charge in [0.05, 0.1) is 29.6 Å². The van der Waals surface area contributed by atoms with Crippen molar-refractivity contribution in [1.82, 2.24) is 19.8 Å². The van der Waals surface area contributed by atoms with Gasteiger partial charge in [0.2, 0.25) is 5.91 Å². The first-order valence-corrected chi connectivity index (χ1v) is 15.8. The normalized spacial score (nSPS) is 19.7. The third-order valence-electron chi connectivity index (χ3n) is 9.67. The molecule has 0 N–H and O–H groups in total. The van der Waals surface area contributed by atoms with E-state index in [0.29, 0.717) is 37.3 Å². The molecule has 3 aliphatic rings. The third-order valence-corrected chi connectivity index (χ3v) is 9.98. The number of anilines is 1. The number of benzene rings is 3. The molecular formula is C35H35ClN6O2. The highest BCUT2D eigenvalue weighted by atomic mass is 35.5. The smallest absolute Gasteiger partial charge is 0.319 e. The van der Waals surface area contributed by atoms with Crippen molar-refractivity contribution >= 4 is 45.0 Å². The molecule has 1 amide bonds. The van der Waals surface area contributed by atoms with Crippen molar-refractivity contribution in [2.24, 2.45) is 0 Å². The summed E-state index contributed by atoms with van der Waals surface area (Å²) in [4.78, 5) is 29.0. The minimum atomic E-state index is -0.268. The molecule has 0 unspecified atom stereocenters. The molecule has 3 saturated heterocycles. The summed E-state index contributed by atoms with van der Waals surface area (Å²) < 4.78 is 6.48. The number of aromatic nitrogens is 2. The molecule has 44 heavy (non-hydrogen) atoms. The van der Waals surface area contributed by atoms with Gasteiger partial charge in [0.1, 0.15) is 12.4 Å². The largest absolute Gasteiger partial charge is 0.461 e. The monoisotopic (exact) mass is 606 g/mol. The van der Waals surface area contributed by atoms with Crippen LogP contribution in [0.2, 0.25) is 5.02 Å². The first kappa shape index (κ1) is 28.6. The quantitative estimate of drug-likeness (QED) is 0.231. The van der Waals surface area contributed by atoms with Gasteiger partial charge in [-0.3, -0.25) is 9.69 Å². The average molecular weight is 607 g/mol. The summed E-state index contributed by atoms with van der Waals surface area (Å²) in [5.41, 5.74) is 2.89. The van der Waals surface area contributed by atoms with E-state index < -0.39 is 0 Å². The van der Waals surface area contributed by atoms with Crippen LogP contribution in [0.4, 0.5) is 5.82 Å². The van der Waals surface area contributed by atoms with E-state index in [0.717, 1.165) is 64.6 Å². The predicted molar refractivity (Wildman–Crippen MR) is 174 cm³/mol. The summed E-state index contributed by atoms with van der Waals surface area (Å²) >= 11 is 6.70. The van der Waals surface area contributed by atoms with E-state index in [2.05, 4.69) is 58.8 Å². The Kier molecular flexibility index (Phi) is 7.61. The number of halogens is 1. The average Bonchev–Trinajstić information content (AvgIpc) is 3.63. The number of rotatable bonds is 7. The van der Waals surface area contributed by atoms with E-state index >= 15 is 0 Å². The molecule has 224 valence electrons. The maximum Gasteiger partial charge on any atom is 0.319 e. The summed E-state index contributed by atoms with van der Waals surface area (Å²) in [5.74, 6) is 0.602. The number of hydrogen-bond donors (Lipinski definition) is 0. The summed E-state index contributed by atoms with van der Waals surface area (Å²) in [6.07, 6.45) is 6.20. The van der Waals surface area contributed by atoms with Crippen molar-refractivity contribution in [1.29, 1.82) is 5.26 Å². The summed E-state index contributed by atoms with van der Waals surface area (Å²) in [6.45, 7) is 8.00. The lowest BCUT2D eigenvalue weighted by molar-refractivity contribution is -0.128.